The van der Waals surface area contributed by atoms with Gasteiger partial charge < -0.3 is 20.1 Å². The van der Waals surface area contributed by atoms with Gasteiger partial charge in [-0.15, -0.1) is 0 Å². The maximum absolute atomic E-state index is 11.4. The minimum Gasteiger partial charge on any atom is -0.479 e. The number of hydrogen-bond donors (Lipinski definition) is 3. The summed E-state index contributed by atoms with van der Waals surface area (Å²) in [4.78, 5) is 25.8. The van der Waals surface area contributed by atoms with E-state index in [-0.39, 0.29) is 25.3 Å². The summed E-state index contributed by atoms with van der Waals surface area (Å²) < 4.78 is 4.95. The summed E-state index contributed by atoms with van der Waals surface area (Å²) in [7, 11) is 0. The molecule has 3 N–H and O–H groups in total. The maximum Gasteiger partial charge on any atom is 0.334 e. The van der Waals surface area contributed by atoms with Crippen LogP contribution in [0.4, 0.5) is 0 Å². The van der Waals surface area contributed by atoms with Crippen LogP contribution in [0.5, 0.6) is 0 Å². The normalized spacial score (nSPS) is 12.1. The molecule has 1 rings (SSSR count). The van der Waals surface area contributed by atoms with Crippen LogP contribution in [-0.2, 0) is 22.4 Å². The first-order valence-electron chi connectivity index (χ1n) is 6.02. The smallest absolute Gasteiger partial charge is 0.334 e. The fourth-order valence-corrected chi connectivity index (χ4v) is 1.32. The number of carbonyl (C=O) groups is 2. The van der Waals surface area contributed by atoms with Crippen LogP contribution < -0.4 is 5.32 Å². The lowest BCUT2D eigenvalue weighted by molar-refractivity contribution is -0.146. The number of rotatable bonds is 8. The van der Waals surface area contributed by atoms with Gasteiger partial charge in [0.2, 0.25) is 11.8 Å². The van der Waals surface area contributed by atoms with Gasteiger partial charge in [-0.3, -0.25) is 4.79 Å². The van der Waals surface area contributed by atoms with Crippen molar-refractivity contribution in [1.29, 1.82) is 0 Å². The summed E-state index contributed by atoms with van der Waals surface area (Å²) in [6.45, 7) is 1.68. The highest BCUT2D eigenvalue weighted by atomic mass is 16.5. The zero-order valence-electron chi connectivity index (χ0n) is 10.6. The van der Waals surface area contributed by atoms with Gasteiger partial charge in [0.1, 0.15) is 0 Å². The number of aromatic nitrogens is 2. The molecular formula is C11H17N3O5. The van der Waals surface area contributed by atoms with Gasteiger partial charge in [0.05, 0.1) is 6.54 Å². The number of carboxylic acids is 1. The Kier molecular flexibility index (Phi) is 5.94. The average Bonchev–Trinajstić information content (AvgIpc) is 2.81. The standard InChI is InChI=1S/C11H17N3O5/c1-2-3-8-13-10(19-14-8)5-4-9(16)12-6-7(15)11(17)18/h7,15H,2-6H2,1H3,(H,12,16)(H,17,18). The van der Waals surface area contributed by atoms with Crippen molar-refractivity contribution in [2.75, 3.05) is 6.54 Å². The number of nitrogens with one attached hydrogen (secondary N) is 1. The van der Waals surface area contributed by atoms with Crippen LogP contribution in [0.2, 0.25) is 0 Å². The second kappa shape index (κ2) is 7.47. The van der Waals surface area contributed by atoms with Crippen molar-refractivity contribution >= 4 is 11.9 Å². The molecule has 0 aliphatic heterocycles. The minimum absolute atomic E-state index is 0.0973. The molecule has 106 valence electrons. The van der Waals surface area contributed by atoms with Crippen LogP contribution in [0, 0.1) is 0 Å². The molecule has 0 aliphatic rings. The fourth-order valence-electron chi connectivity index (χ4n) is 1.32. The highest BCUT2D eigenvalue weighted by Gasteiger charge is 2.14. The number of carbonyl (C=O) groups excluding carboxylic acids is 1. The van der Waals surface area contributed by atoms with E-state index in [4.69, 9.17) is 14.7 Å². The molecule has 8 nitrogen and oxygen atoms in total. The fraction of sp³-hybridized carbons (Fsp3) is 0.636. The molecule has 0 fully saturated rings. The van der Waals surface area contributed by atoms with E-state index in [0.29, 0.717) is 11.7 Å². The van der Waals surface area contributed by atoms with Crippen LogP contribution >= 0.6 is 0 Å². The Morgan fingerprint density at radius 1 is 1.42 bits per heavy atom. The zero-order chi connectivity index (χ0) is 14.3. The van der Waals surface area contributed by atoms with Crippen LogP contribution in [0.25, 0.3) is 0 Å². The molecule has 0 aliphatic carbocycles. The Morgan fingerprint density at radius 2 is 2.16 bits per heavy atom. The molecule has 1 amide bonds. The summed E-state index contributed by atoms with van der Waals surface area (Å²) in [5.41, 5.74) is 0. The zero-order valence-corrected chi connectivity index (χ0v) is 10.6. The number of aliphatic carboxylic acids is 1. The van der Waals surface area contributed by atoms with Crippen LogP contribution in [0.1, 0.15) is 31.5 Å². The molecule has 1 aromatic heterocycles. The number of nitrogens with zero attached hydrogens (tertiary/aromatic N) is 2. The number of aryl methyl sites for hydroxylation is 2. The molecule has 1 heterocycles. The van der Waals surface area contributed by atoms with Crippen LogP contribution in [0.15, 0.2) is 4.52 Å². The number of aliphatic hydroxyl groups is 1. The SMILES string of the molecule is CCCc1noc(CCC(=O)NCC(O)C(=O)O)n1. The van der Waals surface area contributed by atoms with Gasteiger partial charge in [0.25, 0.3) is 0 Å². The molecule has 0 spiro atoms. The minimum atomic E-state index is -1.59. The Bertz CT molecular complexity index is 432. The van der Waals surface area contributed by atoms with E-state index >= 15 is 0 Å². The van der Waals surface area contributed by atoms with Crippen molar-refractivity contribution in [3.05, 3.63) is 11.7 Å². The predicted molar refractivity (Wildman–Crippen MR) is 63.3 cm³/mol. The lowest BCUT2D eigenvalue weighted by Gasteiger charge is -2.06. The van der Waals surface area contributed by atoms with E-state index in [0.717, 1.165) is 12.8 Å². The molecule has 0 radical (unpaired) electrons. The van der Waals surface area contributed by atoms with E-state index in [1.807, 2.05) is 6.92 Å². The van der Waals surface area contributed by atoms with Crippen LogP contribution in [-0.4, -0.2) is 44.9 Å². The molecule has 0 saturated carbocycles. The molecule has 1 unspecified atom stereocenters. The number of aliphatic hydroxyl groups excluding tert-OH is 1. The molecule has 1 aromatic rings. The first-order valence-corrected chi connectivity index (χ1v) is 6.02. The van der Waals surface area contributed by atoms with Gasteiger partial charge in [0.15, 0.2) is 11.9 Å². The molecule has 1 atom stereocenters. The highest BCUT2D eigenvalue weighted by Crippen LogP contribution is 2.02. The Morgan fingerprint density at radius 3 is 2.79 bits per heavy atom. The Balaban J connectivity index is 2.27. The third kappa shape index (κ3) is 5.47. The molecule has 0 aromatic carbocycles. The van der Waals surface area contributed by atoms with E-state index < -0.39 is 12.1 Å². The monoisotopic (exact) mass is 271 g/mol. The second-order valence-electron chi connectivity index (χ2n) is 4.01. The van der Waals surface area contributed by atoms with Crippen molar-refractivity contribution in [2.24, 2.45) is 0 Å². The lowest BCUT2D eigenvalue weighted by atomic mass is 10.2. The van der Waals surface area contributed by atoms with Crippen molar-refractivity contribution in [1.82, 2.24) is 15.5 Å². The van der Waals surface area contributed by atoms with Gasteiger partial charge in [-0.05, 0) is 6.42 Å². The Hall–Kier alpha value is -1.96. The topological polar surface area (TPSA) is 126 Å². The number of hydrogen-bond acceptors (Lipinski definition) is 6. The van der Waals surface area contributed by atoms with E-state index in [1.165, 1.54) is 0 Å². The largest absolute Gasteiger partial charge is 0.479 e. The van der Waals surface area contributed by atoms with Gasteiger partial charge in [-0.2, -0.15) is 4.98 Å². The Labute approximate surface area is 109 Å². The second-order valence-corrected chi connectivity index (χ2v) is 4.01. The molecule has 8 heteroatoms. The van der Waals surface area contributed by atoms with Gasteiger partial charge in [0, 0.05) is 19.3 Å². The maximum atomic E-state index is 11.4. The van der Waals surface area contributed by atoms with E-state index in [2.05, 4.69) is 15.5 Å². The third-order valence-electron chi connectivity index (χ3n) is 2.33. The highest BCUT2D eigenvalue weighted by molar-refractivity contribution is 5.78. The van der Waals surface area contributed by atoms with E-state index in [9.17, 15) is 9.59 Å². The first-order chi connectivity index (χ1) is 9.02. The summed E-state index contributed by atoms with van der Waals surface area (Å²) in [5, 5.41) is 23.4. The summed E-state index contributed by atoms with van der Waals surface area (Å²) in [6.07, 6.45) is 0.419. The average molecular weight is 271 g/mol. The lowest BCUT2D eigenvalue weighted by Crippen LogP contribution is -2.36. The number of amides is 1. The van der Waals surface area contributed by atoms with Gasteiger partial charge in [-0.25, -0.2) is 4.79 Å². The number of carboxylic acid groups (broad SMARTS) is 1. The van der Waals surface area contributed by atoms with Crippen molar-refractivity contribution in [3.63, 3.8) is 0 Å². The van der Waals surface area contributed by atoms with Crippen molar-refractivity contribution in [2.45, 2.75) is 38.7 Å². The van der Waals surface area contributed by atoms with Crippen LogP contribution in [0.3, 0.4) is 0 Å². The predicted octanol–water partition coefficient (Wildman–Crippen LogP) is -0.484. The van der Waals surface area contributed by atoms with Crippen molar-refractivity contribution in [3.8, 4) is 0 Å². The van der Waals surface area contributed by atoms with Gasteiger partial charge in [-0.1, -0.05) is 12.1 Å². The molecular weight excluding hydrogens is 254 g/mol. The quantitative estimate of drug-likeness (QED) is 0.582. The summed E-state index contributed by atoms with van der Waals surface area (Å²) in [5.74, 6) is -0.770. The summed E-state index contributed by atoms with van der Waals surface area (Å²) >= 11 is 0. The molecule has 0 saturated heterocycles. The first kappa shape index (κ1) is 15.1. The summed E-state index contributed by atoms with van der Waals surface area (Å²) in [6, 6.07) is 0. The molecule has 19 heavy (non-hydrogen) atoms. The third-order valence-corrected chi connectivity index (χ3v) is 2.33. The van der Waals surface area contributed by atoms with E-state index in [1.54, 1.807) is 0 Å². The van der Waals surface area contributed by atoms with Gasteiger partial charge >= 0.3 is 5.97 Å². The molecule has 0 bridgehead atoms. The van der Waals surface area contributed by atoms with Crippen molar-refractivity contribution < 1.29 is 24.3 Å².